The number of piperazine rings is 1. The van der Waals surface area contributed by atoms with E-state index in [0.29, 0.717) is 12.3 Å². The van der Waals surface area contributed by atoms with E-state index in [0.717, 1.165) is 54.9 Å². The first-order valence-electron chi connectivity index (χ1n) is 8.80. The van der Waals surface area contributed by atoms with E-state index in [-0.39, 0.29) is 5.91 Å². The highest BCUT2D eigenvalue weighted by atomic mass is 32.1. The Kier molecular flexibility index (Phi) is 5.54. The van der Waals surface area contributed by atoms with Crippen molar-refractivity contribution in [2.24, 2.45) is 0 Å². The Bertz CT molecular complexity index is 710. The number of carbonyl (C=O) groups excluding carboxylic acids is 1. The fourth-order valence-corrected chi connectivity index (χ4v) is 3.88. The number of aromatic nitrogens is 2. The molecule has 7 heteroatoms. The maximum absolute atomic E-state index is 12.5. The highest BCUT2D eigenvalue weighted by Crippen LogP contribution is 2.20. The molecule has 2 aromatic rings. The van der Waals surface area contributed by atoms with Crippen LogP contribution in [0.1, 0.15) is 47.5 Å². The van der Waals surface area contributed by atoms with Crippen LogP contribution in [0.3, 0.4) is 0 Å². The van der Waals surface area contributed by atoms with Crippen molar-refractivity contribution in [2.45, 2.75) is 46.6 Å². The molecule has 1 aliphatic heterocycles. The van der Waals surface area contributed by atoms with Gasteiger partial charge in [0.05, 0.1) is 22.8 Å². The van der Waals surface area contributed by atoms with E-state index < -0.39 is 0 Å². The predicted octanol–water partition coefficient (Wildman–Crippen LogP) is 2.76. The van der Waals surface area contributed by atoms with Gasteiger partial charge in [0.15, 0.2) is 0 Å². The number of hydrogen-bond acceptors (Lipinski definition) is 6. The first-order valence-corrected chi connectivity index (χ1v) is 9.68. The van der Waals surface area contributed by atoms with Gasteiger partial charge in [0.25, 0.3) is 0 Å². The number of nitrogens with zero attached hydrogens (tertiary/aromatic N) is 4. The van der Waals surface area contributed by atoms with Crippen LogP contribution in [0.15, 0.2) is 9.90 Å². The lowest BCUT2D eigenvalue weighted by molar-refractivity contribution is -0.132. The molecule has 0 spiro atoms. The van der Waals surface area contributed by atoms with Gasteiger partial charge in [0.2, 0.25) is 5.91 Å². The molecule has 136 valence electrons. The Morgan fingerprint density at radius 2 is 2.00 bits per heavy atom. The van der Waals surface area contributed by atoms with Crippen molar-refractivity contribution >= 4 is 17.2 Å². The molecule has 0 aliphatic carbocycles. The van der Waals surface area contributed by atoms with Gasteiger partial charge in [-0.05, 0) is 13.8 Å². The van der Waals surface area contributed by atoms with Gasteiger partial charge in [-0.1, -0.05) is 19.0 Å². The summed E-state index contributed by atoms with van der Waals surface area (Å²) >= 11 is 1.65. The molecule has 0 bridgehead atoms. The zero-order chi connectivity index (χ0) is 18.0. The number of thiazole rings is 1. The number of hydrogen-bond donors (Lipinski definition) is 0. The molecule has 0 radical (unpaired) electrons. The average molecular weight is 362 g/mol. The van der Waals surface area contributed by atoms with Gasteiger partial charge in [-0.15, -0.1) is 11.3 Å². The summed E-state index contributed by atoms with van der Waals surface area (Å²) in [5.74, 6) is 1.49. The molecule has 25 heavy (non-hydrogen) atoms. The molecule has 1 saturated heterocycles. The fraction of sp³-hybridized carbons (Fsp3) is 0.611. The smallest absolute Gasteiger partial charge is 0.228 e. The van der Waals surface area contributed by atoms with E-state index in [1.165, 1.54) is 5.56 Å². The molecule has 1 aliphatic rings. The van der Waals surface area contributed by atoms with Crippen LogP contribution in [0.25, 0.3) is 0 Å². The summed E-state index contributed by atoms with van der Waals surface area (Å²) < 4.78 is 5.23. The molecule has 3 rings (SSSR count). The molecule has 0 N–H and O–H groups in total. The van der Waals surface area contributed by atoms with E-state index >= 15 is 0 Å². The maximum Gasteiger partial charge on any atom is 0.228 e. The topological polar surface area (TPSA) is 62.5 Å². The van der Waals surface area contributed by atoms with Crippen molar-refractivity contribution in [1.82, 2.24) is 19.9 Å². The largest absolute Gasteiger partial charge is 0.361 e. The van der Waals surface area contributed by atoms with E-state index in [4.69, 9.17) is 4.52 Å². The van der Waals surface area contributed by atoms with Crippen LogP contribution in [0, 0.1) is 13.8 Å². The van der Waals surface area contributed by atoms with E-state index in [1.54, 1.807) is 11.3 Å². The first-order chi connectivity index (χ1) is 11.9. The van der Waals surface area contributed by atoms with Crippen molar-refractivity contribution in [2.75, 3.05) is 26.2 Å². The minimum Gasteiger partial charge on any atom is -0.361 e. The van der Waals surface area contributed by atoms with Gasteiger partial charge in [-0.3, -0.25) is 9.69 Å². The van der Waals surface area contributed by atoms with Gasteiger partial charge in [0, 0.05) is 49.6 Å². The molecule has 1 fully saturated rings. The van der Waals surface area contributed by atoms with Crippen molar-refractivity contribution in [3.05, 3.63) is 33.1 Å². The van der Waals surface area contributed by atoms with Gasteiger partial charge >= 0.3 is 0 Å². The minimum absolute atomic E-state index is 0.178. The Balaban J connectivity index is 1.50. The second kappa shape index (κ2) is 7.66. The van der Waals surface area contributed by atoms with Crippen LogP contribution in [0.4, 0.5) is 0 Å². The summed E-state index contributed by atoms with van der Waals surface area (Å²) in [5.41, 5.74) is 3.03. The Labute approximate surface area is 152 Å². The van der Waals surface area contributed by atoms with Crippen LogP contribution in [0.5, 0.6) is 0 Å². The first kappa shape index (κ1) is 18.1. The van der Waals surface area contributed by atoms with Crippen LogP contribution in [-0.4, -0.2) is 52.0 Å². The van der Waals surface area contributed by atoms with E-state index in [9.17, 15) is 4.79 Å². The minimum atomic E-state index is 0.178. The molecule has 0 atom stereocenters. The molecule has 0 aromatic carbocycles. The summed E-state index contributed by atoms with van der Waals surface area (Å²) in [6, 6.07) is 0. The van der Waals surface area contributed by atoms with Gasteiger partial charge in [-0.25, -0.2) is 4.98 Å². The van der Waals surface area contributed by atoms with Crippen molar-refractivity contribution in [3.8, 4) is 0 Å². The van der Waals surface area contributed by atoms with E-state index in [2.05, 4.69) is 28.9 Å². The molecule has 3 heterocycles. The molecular formula is C18H26N4O2S. The highest BCUT2D eigenvalue weighted by Gasteiger charge is 2.23. The van der Waals surface area contributed by atoms with Crippen LogP contribution in [-0.2, 0) is 17.8 Å². The third kappa shape index (κ3) is 4.27. The van der Waals surface area contributed by atoms with Crippen molar-refractivity contribution in [3.63, 3.8) is 0 Å². The zero-order valence-corrected chi connectivity index (χ0v) is 16.2. The SMILES string of the molecule is Cc1noc(C)c1CN1CCN(C(=O)Cc2csc(C(C)C)n2)CC1. The predicted molar refractivity (Wildman–Crippen MR) is 97.7 cm³/mol. The lowest BCUT2D eigenvalue weighted by Crippen LogP contribution is -2.48. The van der Waals surface area contributed by atoms with Gasteiger partial charge < -0.3 is 9.42 Å². The summed E-state index contributed by atoms with van der Waals surface area (Å²) in [6.07, 6.45) is 0.410. The quantitative estimate of drug-likeness (QED) is 0.818. The number of amides is 1. The monoisotopic (exact) mass is 362 g/mol. The molecule has 6 nitrogen and oxygen atoms in total. The standard InChI is InChI=1S/C18H26N4O2S/c1-12(2)18-19-15(11-25-18)9-17(23)22-7-5-21(6-8-22)10-16-13(3)20-24-14(16)4/h11-12H,5-10H2,1-4H3. The lowest BCUT2D eigenvalue weighted by atomic mass is 10.1. The Morgan fingerprint density at radius 1 is 1.28 bits per heavy atom. The summed E-state index contributed by atoms with van der Waals surface area (Å²) in [5, 5.41) is 7.13. The molecule has 2 aromatic heterocycles. The second-order valence-electron chi connectivity index (χ2n) is 6.97. The van der Waals surface area contributed by atoms with E-state index in [1.807, 2.05) is 24.1 Å². The zero-order valence-electron chi connectivity index (χ0n) is 15.4. The third-order valence-corrected chi connectivity index (χ3v) is 5.88. The Morgan fingerprint density at radius 3 is 2.56 bits per heavy atom. The summed E-state index contributed by atoms with van der Waals surface area (Å²) in [7, 11) is 0. The highest BCUT2D eigenvalue weighted by molar-refractivity contribution is 7.09. The van der Waals surface area contributed by atoms with Gasteiger partial charge in [-0.2, -0.15) is 0 Å². The van der Waals surface area contributed by atoms with Crippen LogP contribution in [0.2, 0.25) is 0 Å². The molecule has 0 saturated carbocycles. The van der Waals surface area contributed by atoms with Crippen molar-refractivity contribution < 1.29 is 9.32 Å². The van der Waals surface area contributed by atoms with Crippen LogP contribution < -0.4 is 0 Å². The summed E-state index contributed by atoms with van der Waals surface area (Å²) in [4.78, 5) is 21.4. The number of aryl methyl sites for hydroxylation is 2. The Hall–Kier alpha value is -1.73. The average Bonchev–Trinajstić information content (AvgIpc) is 3.17. The van der Waals surface area contributed by atoms with Crippen molar-refractivity contribution in [1.29, 1.82) is 0 Å². The third-order valence-electron chi connectivity index (χ3n) is 4.68. The lowest BCUT2D eigenvalue weighted by Gasteiger charge is -2.34. The van der Waals surface area contributed by atoms with Crippen LogP contribution >= 0.6 is 11.3 Å². The maximum atomic E-state index is 12.5. The number of rotatable bonds is 5. The summed E-state index contributed by atoms with van der Waals surface area (Å²) in [6.45, 7) is 12.3. The molecular weight excluding hydrogens is 336 g/mol. The second-order valence-corrected chi connectivity index (χ2v) is 7.86. The fourth-order valence-electron chi connectivity index (χ4n) is 3.04. The molecule has 1 amide bonds. The molecule has 0 unspecified atom stereocenters. The number of carbonyl (C=O) groups is 1. The normalized spacial score (nSPS) is 16.0. The van der Waals surface area contributed by atoms with Gasteiger partial charge in [0.1, 0.15) is 5.76 Å².